The van der Waals surface area contributed by atoms with E-state index in [9.17, 15) is 13.2 Å². The second-order valence-corrected chi connectivity index (χ2v) is 5.25. The lowest BCUT2D eigenvalue weighted by atomic mass is 9.98. The summed E-state index contributed by atoms with van der Waals surface area (Å²) in [6.45, 7) is 0. The van der Waals surface area contributed by atoms with Crippen molar-refractivity contribution in [2.45, 2.75) is 12.5 Å². The highest BCUT2D eigenvalue weighted by molar-refractivity contribution is 9.10. The van der Waals surface area contributed by atoms with Crippen molar-refractivity contribution in [3.05, 3.63) is 69.4 Å². The first-order valence-electron chi connectivity index (χ1n) is 6.07. The van der Waals surface area contributed by atoms with Gasteiger partial charge in [-0.25, -0.2) is 13.2 Å². The Balaban J connectivity index is 2.31. The van der Waals surface area contributed by atoms with Gasteiger partial charge < -0.3 is 5.32 Å². The van der Waals surface area contributed by atoms with E-state index >= 15 is 0 Å². The zero-order chi connectivity index (χ0) is 14.7. The molecule has 0 amide bonds. The van der Waals surface area contributed by atoms with Crippen LogP contribution in [0.5, 0.6) is 0 Å². The SMILES string of the molecule is CNC(Cc1cccc(F)c1Br)c1cc(F)cc(F)c1. The Morgan fingerprint density at radius 1 is 1.10 bits per heavy atom. The minimum Gasteiger partial charge on any atom is -0.313 e. The van der Waals surface area contributed by atoms with E-state index < -0.39 is 11.6 Å². The van der Waals surface area contributed by atoms with Crippen LogP contribution in [0.3, 0.4) is 0 Å². The molecule has 2 aromatic carbocycles. The van der Waals surface area contributed by atoms with Crippen molar-refractivity contribution in [3.63, 3.8) is 0 Å². The molecule has 0 aliphatic carbocycles. The fourth-order valence-electron chi connectivity index (χ4n) is 2.09. The normalized spacial score (nSPS) is 12.4. The summed E-state index contributed by atoms with van der Waals surface area (Å²) >= 11 is 3.19. The van der Waals surface area contributed by atoms with Crippen molar-refractivity contribution in [1.82, 2.24) is 5.32 Å². The first-order valence-corrected chi connectivity index (χ1v) is 6.86. The number of likely N-dealkylation sites (N-methyl/N-ethyl adjacent to an activating group) is 1. The van der Waals surface area contributed by atoms with Crippen molar-refractivity contribution < 1.29 is 13.2 Å². The largest absolute Gasteiger partial charge is 0.313 e. The standard InChI is InChI=1S/C15H13BrF3N/c1-20-14(10-5-11(17)8-12(18)6-10)7-9-3-2-4-13(19)15(9)16/h2-6,8,14,20H,7H2,1H3. The molecule has 0 aliphatic rings. The Labute approximate surface area is 123 Å². The molecule has 0 saturated heterocycles. The van der Waals surface area contributed by atoms with Crippen molar-refractivity contribution >= 4 is 15.9 Å². The molecular formula is C15H13BrF3N. The summed E-state index contributed by atoms with van der Waals surface area (Å²) in [5.41, 5.74) is 1.22. The topological polar surface area (TPSA) is 12.0 Å². The summed E-state index contributed by atoms with van der Waals surface area (Å²) in [6.07, 6.45) is 0.414. The Bertz CT molecular complexity index is 596. The van der Waals surface area contributed by atoms with Crippen LogP contribution in [0.4, 0.5) is 13.2 Å². The lowest BCUT2D eigenvalue weighted by molar-refractivity contribution is 0.548. The Morgan fingerprint density at radius 2 is 1.75 bits per heavy atom. The molecule has 5 heteroatoms. The summed E-state index contributed by atoms with van der Waals surface area (Å²) < 4.78 is 40.4. The van der Waals surface area contributed by atoms with Crippen molar-refractivity contribution in [3.8, 4) is 0 Å². The lowest BCUT2D eigenvalue weighted by Crippen LogP contribution is -2.19. The molecule has 0 aromatic heterocycles. The average molecular weight is 344 g/mol. The molecule has 0 saturated carbocycles. The highest BCUT2D eigenvalue weighted by atomic mass is 79.9. The van der Waals surface area contributed by atoms with Gasteiger partial charge in [-0.2, -0.15) is 0 Å². The van der Waals surface area contributed by atoms with Gasteiger partial charge in [0.15, 0.2) is 0 Å². The van der Waals surface area contributed by atoms with Crippen LogP contribution in [0.25, 0.3) is 0 Å². The van der Waals surface area contributed by atoms with Gasteiger partial charge in [0.25, 0.3) is 0 Å². The van der Waals surface area contributed by atoms with Crippen LogP contribution in [0.15, 0.2) is 40.9 Å². The summed E-state index contributed by atoms with van der Waals surface area (Å²) in [5, 5.41) is 2.99. The Hall–Kier alpha value is -1.33. The van der Waals surface area contributed by atoms with Gasteiger partial charge in [0.1, 0.15) is 17.5 Å². The molecule has 2 rings (SSSR count). The van der Waals surface area contributed by atoms with E-state index in [2.05, 4.69) is 21.2 Å². The molecule has 0 radical (unpaired) electrons. The molecule has 1 N–H and O–H groups in total. The van der Waals surface area contributed by atoms with Crippen LogP contribution in [0, 0.1) is 17.5 Å². The van der Waals surface area contributed by atoms with E-state index in [0.29, 0.717) is 16.5 Å². The van der Waals surface area contributed by atoms with E-state index in [-0.39, 0.29) is 11.9 Å². The third-order valence-corrected chi connectivity index (χ3v) is 3.98. The van der Waals surface area contributed by atoms with E-state index in [1.807, 2.05) is 0 Å². The van der Waals surface area contributed by atoms with Gasteiger partial charge in [-0.05, 0) is 58.7 Å². The maximum Gasteiger partial charge on any atom is 0.137 e. The molecule has 106 valence electrons. The van der Waals surface area contributed by atoms with Crippen LogP contribution in [0.2, 0.25) is 0 Å². The molecule has 1 atom stereocenters. The number of nitrogens with one attached hydrogen (secondary N) is 1. The third-order valence-electron chi connectivity index (χ3n) is 3.09. The minimum atomic E-state index is -0.626. The summed E-state index contributed by atoms with van der Waals surface area (Å²) in [4.78, 5) is 0. The molecular weight excluding hydrogens is 331 g/mol. The number of halogens is 4. The molecule has 0 bridgehead atoms. The maximum atomic E-state index is 13.5. The van der Waals surface area contributed by atoms with Gasteiger partial charge in [0.2, 0.25) is 0 Å². The lowest BCUT2D eigenvalue weighted by Gasteiger charge is -2.18. The number of hydrogen-bond donors (Lipinski definition) is 1. The van der Waals surface area contributed by atoms with Crippen molar-refractivity contribution in [1.29, 1.82) is 0 Å². The number of benzene rings is 2. The third kappa shape index (κ3) is 3.41. The summed E-state index contributed by atoms with van der Waals surface area (Å²) in [6, 6.07) is 7.80. The van der Waals surface area contributed by atoms with Gasteiger partial charge in [0, 0.05) is 12.1 Å². The van der Waals surface area contributed by atoms with E-state index in [1.54, 1.807) is 19.2 Å². The molecule has 20 heavy (non-hydrogen) atoms. The number of rotatable bonds is 4. The molecule has 2 aromatic rings. The van der Waals surface area contributed by atoms with Crippen LogP contribution in [0.1, 0.15) is 17.2 Å². The highest BCUT2D eigenvalue weighted by Crippen LogP contribution is 2.26. The average Bonchev–Trinajstić information content (AvgIpc) is 2.39. The minimum absolute atomic E-state index is 0.307. The van der Waals surface area contributed by atoms with Crippen LogP contribution in [-0.2, 0) is 6.42 Å². The predicted molar refractivity (Wildman–Crippen MR) is 76.0 cm³/mol. The molecule has 0 fully saturated rings. The molecule has 0 spiro atoms. The van der Waals surface area contributed by atoms with Crippen molar-refractivity contribution in [2.24, 2.45) is 0 Å². The molecule has 1 nitrogen and oxygen atoms in total. The van der Waals surface area contributed by atoms with E-state index in [1.165, 1.54) is 18.2 Å². The quantitative estimate of drug-likeness (QED) is 0.869. The second kappa shape index (κ2) is 6.41. The van der Waals surface area contributed by atoms with E-state index in [4.69, 9.17) is 0 Å². The van der Waals surface area contributed by atoms with Crippen molar-refractivity contribution in [2.75, 3.05) is 7.05 Å². The smallest absolute Gasteiger partial charge is 0.137 e. The Kier molecular flexibility index (Phi) is 4.83. The first-order chi connectivity index (χ1) is 9.51. The highest BCUT2D eigenvalue weighted by Gasteiger charge is 2.15. The maximum absolute atomic E-state index is 13.5. The zero-order valence-corrected chi connectivity index (χ0v) is 12.3. The van der Waals surface area contributed by atoms with Gasteiger partial charge in [-0.15, -0.1) is 0 Å². The second-order valence-electron chi connectivity index (χ2n) is 4.46. The number of hydrogen-bond acceptors (Lipinski definition) is 1. The Morgan fingerprint density at radius 3 is 2.35 bits per heavy atom. The molecule has 1 unspecified atom stereocenters. The van der Waals surface area contributed by atoms with E-state index in [0.717, 1.165) is 11.6 Å². The summed E-state index contributed by atoms with van der Waals surface area (Å²) in [5.74, 6) is -1.61. The summed E-state index contributed by atoms with van der Waals surface area (Å²) in [7, 11) is 1.70. The first kappa shape index (κ1) is 15.1. The zero-order valence-electron chi connectivity index (χ0n) is 10.8. The van der Waals surface area contributed by atoms with Gasteiger partial charge in [-0.1, -0.05) is 12.1 Å². The van der Waals surface area contributed by atoms with Crippen LogP contribution >= 0.6 is 15.9 Å². The predicted octanol–water partition coefficient (Wildman–Crippen LogP) is 4.37. The molecule has 0 aliphatic heterocycles. The van der Waals surface area contributed by atoms with Crippen LogP contribution < -0.4 is 5.32 Å². The van der Waals surface area contributed by atoms with Gasteiger partial charge in [-0.3, -0.25) is 0 Å². The molecule has 0 heterocycles. The van der Waals surface area contributed by atoms with Gasteiger partial charge in [0.05, 0.1) is 4.47 Å². The fourth-order valence-corrected chi connectivity index (χ4v) is 2.52. The fraction of sp³-hybridized carbons (Fsp3) is 0.200. The monoisotopic (exact) mass is 343 g/mol. The van der Waals surface area contributed by atoms with Gasteiger partial charge >= 0.3 is 0 Å². The van der Waals surface area contributed by atoms with Crippen LogP contribution in [-0.4, -0.2) is 7.05 Å².